The highest BCUT2D eigenvalue weighted by Crippen LogP contribution is 2.38. The topological polar surface area (TPSA) is 63.2 Å². The molecule has 1 aromatic rings. The fourth-order valence-corrected chi connectivity index (χ4v) is 3.66. The number of halogens is 1. The summed E-state index contributed by atoms with van der Waals surface area (Å²) >= 11 is 0. The molecule has 2 aliphatic rings. The molecule has 0 radical (unpaired) electrons. The summed E-state index contributed by atoms with van der Waals surface area (Å²) < 4.78 is 10.3. The molecule has 1 aromatic carbocycles. The number of carbonyl (C=O) groups excluding carboxylic acids is 1. The van der Waals surface area contributed by atoms with E-state index in [2.05, 4.69) is 15.2 Å². The van der Waals surface area contributed by atoms with Crippen LogP contribution in [0.1, 0.15) is 28.8 Å². The Bertz CT molecular complexity index is 627. The van der Waals surface area contributed by atoms with Gasteiger partial charge in [-0.3, -0.25) is 4.99 Å². The molecule has 0 aliphatic carbocycles. The molecule has 2 fully saturated rings. The Kier molecular flexibility index (Phi) is 7.69. The number of esters is 1. The third-order valence-electron chi connectivity index (χ3n) is 5.21. The van der Waals surface area contributed by atoms with Gasteiger partial charge in [-0.1, -0.05) is 12.1 Å². The van der Waals surface area contributed by atoms with Crippen LogP contribution in [0, 0.1) is 5.41 Å². The van der Waals surface area contributed by atoms with Gasteiger partial charge < -0.3 is 19.7 Å². The maximum Gasteiger partial charge on any atom is 0.337 e. The summed E-state index contributed by atoms with van der Waals surface area (Å²) in [5.74, 6) is 0.666. The fraction of sp³-hybridized carbons (Fsp3) is 0.579. The van der Waals surface area contributed by atoms with Gasteiger partial charge in [0.2, 0.25) is 0 Å². The first-order valence-electron chi connectivity index (χ1n) is 8.86. The zero-order valence-electron chi connectivity index (χ0n) is 15.5. The minimum absolute atomic E-state index is 0. The number of ether oxygens (including phenoxy) is 2. The number of nitrogens with zero attached hydrogens (tertiary/aromatic N) is 2. The van der Waals surface area contributed by atoms with E-state index in [4.69, 9.17) is 9.47 Å². The van der Waals surface area contributed by atoms with Crippen molar-refractivity contribution in [3.05, 3.63) is 35.4 Å². The van der Waals surface area contributed by atoms with E-state index in [1.165, 1.54) is 19.1 Å². The molecule has 2 heterocycles. The predicted molar refractivity (Wildman–Crippen MR) is 112 cm³/mol. The number of likely N-dealkylation sites (tertiary alicyclic amines) is 1. The van der Waals surface area contributed by atoms with Crippen molar-refractivity contribution in [1.29, 1.82) is 0 Å². The van der Waals surface area contributed by atoms with E-state index in [0.717, 1.165) is 51.6 Å². The van der Waals surface area contributed by atoms with Crippen LogP contribution in [0.5, 0.6) is 0 Å². The molecule has 1 N–H and O–H groups in total. The number of carbonyl (C=O) groups is 1. The smallest absolute Gasteiger partial charge is 0.337 e. The normalized spacial score (nSPS) is 22.4. The number of hydrogen-bond donors (Lipinski definition) is 1. The molecule has 26 heavy (non-hydrogen) atoms. The minimum atomic E-state index is -0.302. The van der Waals surface area contributed by atoms with Crippen LogP contribution < -0.4 is 5.32 Å². The maximum absolute atomic E-state index is 11.5. The van der Waals surface area contributed by atoms with Gasteiger partial charge in [0.15, 0.2) is 5.96 Å². The van der Waals surface area contributed by atoms with E-state index >= 15 is 0 Å². The molecule has 2 aliphatic heterocycles. The van der Waals surface area contributed by atoms with Crippen LogP contribution >= 0.6 is 24.0 Å². The average Bonchev–Trinajstić information content (AvgIpc) is 3.29. The Morgan fingerprint density at radius 2 is 2.12 bits per heavy atom. The van der Waals surface area contributed by atoms with Gasteiger partial charge in [-0.05, 0) is 37.0 Å². The van der Waals surface area contributed by atoms with Crippen LogP contribution in [0.2, 0.25) is 0 Å². The largest absolute Gasteiger partial charge is 0.465 e. The van der Waals surface area contributed by atoms with Gasteiger partial charge >= 0.3 is 5.97 Å². The molecule has 6 nitrogen and oxygen atoms in total. The highest BCUT2D eigenvalue weighted by Gasteiger charge is 2.42. The van der Waals surface area contributed by atoms with E-state index in [9.17, 15) is 4.79 Å². The zero-order chi connectivity index (χ0) is 17.7. The molecule has 2 saturated heterocycles. The van der Waals surface area contributed by atoms with E-state index in [1.54, 1.807) is 12.1 Å². The second kappa shape index (κ2) is 9.55. The standard InChI is InChI=1S/C19H27N3O3.HI/c1-20-18(22-11-8-19(13-22)9-12-25-14-19)21-10-7-15-3-5-16(6-4-15)17(23)24-2;/h3-6H,7-14H2,1-2H3,(H,20,21);1H. The van der Waals surface area contributed by atoms with Crippen molar-refractivity contribution >= 4 is 35.9 Å². The lowest BCUT2D eigenvalue weighted by molar-refractivity contribution is 0.0600. The number of rotatable bonds is 4. The van der Waals surface area contributed by atoms with Gasteiger partial charge in [0.25, 0.3) is 0 Å². The molecular formula is C19H28IN3O3. The maximum atomic E-state index is 11.5. The number of nitrogens with one attached hydrogen (secondary N) is 1. The van der Waals surface area contributed by atoms with Crippen molar-refractivity contribution in [2.45, 2.75) is 19.3 Å². The summed E-state index contributed by atoms with van der Waals surface area (Å²) in [4.78, 5) is 18.2. The summed E-state index contributed by atoms with van der Waals surface area (Å²) in [6, 6.07) is 7.55. The Balaban J connectivity index is 0.00000243. The lowest BCUT2D eigenvalue weighted by atomic mass is 9.87. The Morgan fingerprint density at radius 3 is 2.73 bits per heavy atom. The quantitative estimate of drug-likeness (QED) is 0.315. The Labute approximate surface area is 172 Å². The molecular weight excluding hydrogens is 445 g/mol. The molecule has 1 unspecified atom stereocenters. The average molecular weight is 473 g/mol. The van der Waals surface area contributed by atoms with E-state index < -0.39 is 0 Å². The van der Waals surface area contributed by atoms with Gasteiger partial charge in [0, 0.05) is 38.7 Å². The van der Waals surface area contributed by atoms with Gasteiger partial charge in [0.05, 0.1) is 19.3 Å². The van der Waals surface area contributed by atoms with Crippen LogP contribution in [0.15, 0.2) is 29.3 Å². The third-order valence-corrected chi connectivity index (χ3v) is 5.21. The van der Waals surface area contributed by atoms with Gasteiger partial charge in [0.1, 0.15) is 0 Å². The van der Waals surface area contributed by atoms with Crippen molar-refractivity contribution < 1.29 is 14.3 Å². The van der Waals surface area contributed by atoms with E-state index in [-0.39, 0.29) is 29.9 Å². The third kappa shape index (κ3) is 4.88. The van der Waals surface area contributed by atoms with Crippen molar-refractivity contribution in [3.63, 3.8) is 0 Å². The number of hydrogen-bond acceptors (Lipinski definition) is 4. The van der Waals surface area contributed by atoms with Crippen LogP contribution in [0.3, 0.4) is 0 Å². The number of methoxy groups -OCH3 is 1. The van der Waals surface area contributed by atoms with E-state index in [0.29, 0.717) is 11.0 Å². The monoisotopic (exact) mass is 473 g/mol. The van der Waals surface area contributed by atoms with Gasteiger partial charge in [-0.15, -0.1) is 24.0 Å². The first kappa shape index (κ1) is 21.0. The first-order chi connectivity index (χ1) is 12.2. The predicted octanol–water partition coefficient (Wildman–Crippen LogP) is 2.32. The Morgan fingerprint density at radius 1 is 1.35 bits per heavy atom. The molecule has 7 heteroatoms. The lowest BCUT2D eigenvalue weighted by Gasteiger charge is -2.25. The number of aliphatic imine (C=N–C) groups is 1. The van der Waals surface area contributed by atoms with E-state index in [1.807, 2.05) is 19.2 Å². The fourth-order valence-electron chi connectivity index (χ4n) is 3.66. The summed E-state index contributed by atoms with van der Waals surface area (Å²) in [5.41, 5.74) is 2.09. The second-order valence-electron chi connectivity index (χ2n) is 6.89. The van der Waals surface area contributed by atoms with Crippen molar-refractivity contribution in [3.8, 4) is 0 Å². The highest BCUT2D eigenvalue weighted by atomic mass is 127. The molecule has 0 amide bonds. The number of guanidine groups is 1. The van der Waals surface area contributed by atoms with Crippen molar-refractivity contribution in [1.82, 2.24) is 10.2 Å². The number of benzene rings is 1. The van der Waals surface area contributed by atoms with Crippen molar-refractivity contribution in [2.75, 3.05) is 47.0 Å². The van der Waals surface area contributed by atoms with Crippen LogP contribution in [-0.2, 0) is 15.9 Å². The molecule has 144 valence electrons. The molecule has 1 spiro atoms. The SMILES string of the molecule is CN=C(NCCc1ccc(C(=O)OC)cc1)N1CCC2(CCOC2)C1.I. The van der Waals surface area contributed by atoms with Crippen molar-refractivity contribution in [2.24, 2.45) is 10.4 Å². The van der Waals surface area contributed by atoms with Gasteiger partial charge in [-0.2, -0.15) is 0 Å². The van der Waals surface area contributed by atoms with Crippen LogP contribution in [0.4, 0.5) is 0 Å². The van der Waals surface area contributed by atoms with Crippen LogP contribution in [-0.4, -0.2) is 63.8 Å². The zero-order valence-corrected chi connectivity index (χ0v) is 17.8. The molecule has 1 atom stereocenters. The lowest BCUT2D eigenvalue weighted by Crippen LogP contribution is -2.42. The molecule has 3 rings (SSSR count). The van der Waals surface area contributed by atoms with Gasteiger partial charge in [-0.25, -0.2) is 4.79 Å². The summed E-state index contributed by atoms with van der Waals surface area (Å²) in [5, 5.41) is 3.46. The minimum Gasteiger partial charge on any atom is -0.465 e. The Hall–Kier alpha value is -1.35. The van der Waals surface area contributed by atoms with Crippen LogP contribution in [0.25, 0.3) is 0 Å². The molecule has 0 aromatic heterocycles. The second-order valence-corrected chi connectivity index (χ2v) is 6.89. The highest BCUT2D eigenvalue weighted by molar-refractivity contribution is 14.0. The summed E-state index contributed by atoms with van der Waals surface area (Å²) in [7, 11) is 3.23. The summed E-state index contributed by atoms with van der Waals surface area (Å²) in [6.07, 6.45) is 3.22. The molecule has 0 saturated carbocycles. The summed E-state index contributed by atoms with van der Waals surface area (Å²) in [6.45, 7) is 4.65. The first-order valence-corrected chi connectivity index (χ1v) is 8.86. The molecule has 0 bridgehead atoms.